The molecule has 3 N–H and O–H groups in total. The minimum atomic E-state index is -0.571. The number of ether oxygens (including phenoxy) is 1. The van der Waals surface area contributed by atoms with Crippen molar-refractivity contribution in [3.8, 4) is 17.2 Å². The summed E-state index contributed by atoms with van der Waals surface area (Å²) in [6, 6.07) is 13.4. The van der Waals surface area contributed by atoms with Crippen molar-refractivity contribution in [3.05, 3.63) is 82.1 Å². The van der Waals surface area contributed by atoms with E-state index in [4.69, 9.17) is 27.9 Å². The number of benzene rings is 2. The monoisotopic (exact) mass is 441 g/mol. The van der Waals surface area contributed by atoms with Crippen molar-refractivity contribution < 1.29 is 14.9 Å². The Bertz CT molecular complexity index is 1230. The molecule has 0 saturated heterocycles. The van der Waals surface area contributed by atoms with Gasteiger partial charge in [0.1, 0.15) is 17.1 Å². The molecule has 0 spiro atoms. The Labute approximate surface area is 182 Å². The lowest BCUT2D eigenvalue weighted by Crippen LogP contribution is -2.14. The molecule has 8 heteroatoms. The zero-order valence-corrected chi connectivity index (χ0v) is 17.3. The first-order chi connectivity index (χ1) is 14.5. The maximum atomic E-state index is 11.0. The summed E-state index contributed by atoms with van der Waals surface area (Å²) in [5.41, 5.74) is 1.70. The van der Waals surface area contributed by atoms with Gasteiger partial charge in [-0.25, -0.2) is 4.98 Å². The van der Waals surface area contributed by atoms with Gasteiger partial charge >= 0.3 is 0 Å². The van der Waals surface area contributed by atoms with Gasteiger partial charge in [0.05, 0.1) is 23.2 Å². The van der Waals surface area contributed by atoms with Crippen molar-refractivity contribution in [2.24, 2.45) is 0 Å². The second kappa shape index (κ2) is 8.26. The molecule has 0 radical (unpaired) electrons. The van der Waals surface area contributed by atoms with Crippen LogP contribution in [0.4, 0.5) is 5.82 Å². The quantitative estimate of drug-likeness (QED) is 0.375. The molecule has 0 aliphatic heterocycles. The molecule has 4 aromatic rings. The summed E-state index contributed by atoms with van der Waals surface area (Å²) in [6.07, 6.45) is 3.06. The molecule has 2 heterocycles. The van der Waals surface area contributed by atoms with Crippen LogP contribution in [0.15, 0.2) is 60.9 Å². The molecule has 2 aromatic heterocycles. The van der Waals surface area contributed by atoms with Crippen LogP contribution in [-0.2, 0) is 0 Å². The Hall–Kier alpha value is -3.22. The van der Waals surface area contributed by atoms with Crippen LogP contribution in [-0.4, -0.2) is 27.3 Å². The van der Waals surface area contributed by atoms with Crippen LogP contribution < -0.4 is 10.1 Å². The van der Waals surface area contributed by atoms with Crippen molar-refractivity contribution in [1.82, 2.24) is 9.97 Å². The van der Waals surface area contributed by atoms with Crippen LogP contribution >= 0.6 is 23.2 Å². The number of halogens is 2. The molecule has 0 aliphatic carbocycles. The van der Waals surface area contributed by atoms with E-state index < -0.39 is 6.04 Å². The van der Waals surface area contributed by atoms with Gasteiger partial charge in [-0.2, -0.15) is 0 Å². The van der Waals surface area contributed by atoms with E-state index in [2.05, 4.69) is 15.3 Å². The molecular weight excluding hydrogens is 425 g/mol. The first kappa shape index (κ1) is 20.1. The number of hydrogen-bond acceptors (Lipinski definition) is 6. The lowest BCUT2D eigenvalue weighted by Gasteiger charge is -2.22. The maximum Gasteiger partial charge on any atom is 0.160 e. The minimum Gasteiger partial charge on any atom is -0.505 e. The average Bonchev–Trinajstić information content (AvgIpc) is 2.75. The molecule has 0 fully saturated rings. The number of phenols is 2. The molecule has 4 rings (SSSR count). The summed E-state index contributed by atoms with van der Waals surface area (Å²) >= 11 is 12.1. The van der Waals surface area contributed by atoms with Gasteiger partial charge in [0, 0.05) is 29.4 Å². The smallest absolute Gasteiger partial charge is 0.160 e. The van der Waals surface area contributed by atoms with Crippen LogP contribution in [0.2, 0.25) is 10.0 Å². The van der Waals surface area contributed by atoms with Crippen LogP contribution in [0, 0.1) is 0 Å². The molecule has 1 atom stereocenters. The highest BCUT2D eigenvalue weighted by atomic mass is 35.5. The van der Waals surface area contributed by atoms with Crippen molar-refractivity contribution in [2.75, 3.05) is 12.4 Å². The Morgan fingerprint density at radius 3 is 2.57 bits per heavy atom. The molecule has 0 saturated carbocycles. The van der Waals surface area contributed by atoms with E-state index in [1.165, 1.54) is 13.3 Å². The number of aromatic nitrogens is 2. The zero-order valence-electron chi connectivity index (χ0n) is 15.8. The lowest BCUT2D eigenvalue weighted by atomic mass is 9.96. The lowest BCUT2D eigenvalue weighted by molar-refractivity contribution is 0.373. The number of rotatable bonds is 5. The minimum absolute atomic E-state index is 0.0256. The topological polar surface area (TPSA) is 87.5 Å². The van der Waals surface area contributed by atoms with Crippen LogP contribution in [0.3, 0.4) is 0 Å². The predicted molar refractivity (Wildman–Crippen MR) is 118 cm³/mol. The normalized spacial score (nSPS) is 12.0. The van der Waals surface area contributed by atoms with Crippen LogP contribution in [0.5, 0.6) is 17.2 Å². The van der Waals surface area contributed by atoms with Gasteiger partial charge in [-0.15, -0.1) is 0 Å². The number of methoxy groups -OCH3 is 1. The summed E-state index contributed by atoms with van der Waals surface area (Å²) < 4.78 is 5.14. The second-order valence-corrected chi connectivity index (χ2v) is 7.39. The predicted octanol–water partition coefficient (Wildman–Crippen LogP) is 5.56. The summed E-state index contributed by atoms with van der Waals surface area (Å²) in [7, 11) is 1.48. The second-order valence-electron chi connectivity index (χ2n) is 6.57. The zero-order chi connectivity index (χ0) is 21.3. The van der Waals surface area contributed by atoms with Crippen molar-refractivity contribution in [2.45, 2.75) is 6.04 Å². The van der Waals surface area contributed by atoms with Gasteiger partial charge in [-0.05, 0) is 23.8 Å². The maximum absolute atomic E-state index is 11.0. The number of anilines is 1. The molecule has 152 valence electrons. The molecule has 0 aliphatic rings. The highest BCUT2D eigenvalue weighted by Crippen LogP contribution is 2.39. The fourth-order valence-corrected chi connectivity index (χ4v) is 3.50. The number of pyridine rings is 2. The first-order valence-corrected chi connectivity index (χ1v) is 9.74. The molecule has 30 heavy (non-hydrogen) atoms. The largest absolute Gasteiger partial charge is 0.505 e. The van der Waals surface area contributed by atoms with Gasteiger partial charge in [0.25, 0.3) is 0 Å². The highest BCUT2D eigenvalue weighted by Gasteiger charge is 2.22. The average molecular weight is 442 g/mol. The Kier molecular flexibility index (Phi) is 5.53. The molecular formula is C22H17Cl2N3O3. The number of hydrogen-bond donors (Lipinski definition) is 3. The van der Waals surface area contributed by atoms with E-state index in [1.807, 2.05) is 12.1 Å². The van der Waals surface area contributed by atoms with Gasteiger partial charge in [0.2, 0.25) is 0 Å². The fourth-order valence-electron chi connectivity index (χ4n) is 3.25. The van der Waals surface area contributed by atoms with Gasteiger partial charge in [-0.1, -0.05) is 47.5 Å². The van der Waals surface area contributed by atoms with E-state index >= 15 is 0 Å². The van der Waals surface area contributed by atoms with Crippen molar-refractivity contribution >= 4 is 39.9 Å². The van der Waals surface area contributed by atoms with Crippen LogP contribution in [0.25, 0.3) is 10.9 Å². The summed E-state index contributed by atoms with van der Waals surface area (Å²) in [5, 5.41) is 26.0. The van der Waals surface area contributed by atoms with Crippen molar-refractivity contribution in [1.29, 1.82) is 0 Å². The summed E-state index contributed by atoms with van der Waals surface area (Å²) in [5.74, 6) is 0.794. The Morgan fingerprint density at radius 2 is 1.83 bits per heavy atom. The first-order valence-electron chi connectivity index (χ1n) is 8.99. The van der Waals surface area contributed by atoms with Crippen LogP contribution in [0.1, 0.15) is 17.2 Å². The number of nitrogens with one attached hydrogen (secondary N) is 1. The van der Waals surface area contributed by atoms with E-state index in [0.29, 0.717) is 38.3 Å². The summed E-state index contributed by atoms with van der Waals surface area (Å²) in [6.45, 7) is 0. The third-order valence-corrected chi connectivity index (χ3v) is 5.44. The van der Waals surface area contributed by atoms with Crippen molar-refractivity contribution in [3.63, 3.8) is 0 Å². The molecule has 0 bridgehead atoms. The highest BCUT2D eigenvalue weighted by molar-refractivity contribution is 6.42. The SMILES string of the molecule is COc1ccc(C(Nc2cc(Cl)c(Cl)cn2)c2ccc3cccnc3c2O)cc1O. The standard InChI is InChI=1S/C22H17Cl2N3O3/c1-30-18-7-5-13(9-17(18)28)20(27-19-10-15(23)16(24)11-26-19)14-6-4-12-3-2-8-25-21(12)22(14)29/h2-11,20,28-29H,1H3,(H,26,27). The molecule has 6 nitrogen and oxygen atoms in total. The third-order valence-electron chi connectivity index (χ3n) is 4.73. The van der Waals surface area contributed by atoms with Gasteiger partial charge < -0.3 is 20.3 Å². The summed E-state index contributed by atoms with van der Waals surface area (Å²) in [4.78, 5) is 8.56. The Morgan fingerprint density at radius 1 is 1.00 bits per heavy atom. The third kappa shape index (κ3) is 3.79. The Balaban J connectivity index is 1.86. The molecule has 1 unspecified atom stereocenters. The van der Waals surface area contributed by atoms with E-state index in [0.717, 1.165) is 5.39 Å². The van der Waals surface area contributed by atoms with Gasteiger partial charge in [-0.3, -0.25) is 4.98 Å². The van der Waals surface area contributed by atoms with Gasteiger partial charge in [0.15, 0.2) is 11.5 Å². The number of fused-ring (bicyclic) bond motifs is 1. The van der Waals surface area contributed by atoms with E-state index in [9.17, 15) is 10.2 Å². The molecule has 0 amide bonds. The molecule has 2 aromatic carbocycles. The number of aromatic hydroxyl groups is 2. The fraction of sp³-hybridized carbons (Fsp3) is 0.0909. The van der Waals surface area contributed by atoms with E-state index in [-0.39, 0.29) is 11.5 Å². The number of phenolic OH excluding ortho intramolecular Hbond substituents is 2. The number of nitrogens with zero attached hydrogens (tertiary/aromatic N) is 2. The van der Waals surface area contributed by atoms with E-state index in [1.54, 1.807) is 42.6 Å².